The highest BCUT2D eigenvalue weighted by atomic mass is 16.6. The molecular formula is C26H20N2O7. The molecule has 4 rings (SSSR count). The van der Waals surface area contributed by atoms with E-state index in [2.05, 4.69) is 5.32 Å². The third-order valence-corrected chi connectivity index (χ3v) is 5.33. The van der Waals surface area contributed by atoms with E-state index >= 15 is 0 Å². The summed E-state index contributed by atoms with van der Waals surface area (Å²) < 4.78 is 10.6. The lowest BCUT2D eigenvalue weighted by Gasteiger charge is -2.08. The second-order valence-corrected chi connectivity index (χ2v) is 7.79. The number of hydrogen-bond donors (Lipinski definition) is 1. The molecule has 0 bridgehead atoms. The number of carbonyl (C=O) groups is 2. The summed E-state index contributed by atoms with van der Waals surface area (Å²) in [6.07, 6.45) is 0.620. The van der Waals surface area contributed by atoms with Crippen LogP contribution in [-0.2, 0) is 6.42 Å². The first kappa shape index (κ1) is 23.4. The van der Waals surface area contributed by atoms with Crippen molar-refractivity contribution in [1.29, 1.82) is 0 Å². The number of benzene rings is 3. The zero-order valence-corrected chi connectivity index (χ0v) is 18.6. The highest BCUT2D eigenvalue weighted by molar-refractivity contribution is 5.97. The Morgan fingerprint density at radius 2 is 1.80 bits per heavy atom. The third-order valence-electron chi connectivity index (χ3n) is 5.33. The predicted molar refractivity (Wildman–Crippen MR) is 128 cm³/mol. The number of nitrogens with one attached hydrogen (secondary N) is 1. The van der Waals surface area contributed by atoms with E-state index in [1.807, 2.05) is 30.3 Å². The predicted octanol–water partition coefficient (Wildman–Crippen LogP) is 4.20. The Bertz CT molecular complexity index is 1490. The summed E-state index contributed by atoms with van der Waals surface area (Å²) in [7, 11) is 0. The van der Waals surface area contributed by atoms with E-state index in [-0.39, 0.29) is 28.1 Å². The zero-order valence-electron chi connectivity index (χ0n) is 18.6. The van der Waals surface area contributed by atoms with E-state index in [1.165, 1.54) is 43.3 Å². The first-order valence-corrected chi connectivity index (χ1v) is 10.7. The van der Waals surface area contributed by atoms with Gasteiger partial charge in [-0.1, -0.05) is 30.3 Å². The summed E-state index contributed by atoms with van der Waals surface area (Å²) in [5.41, 5.74) is 0.612. The van der Waals surface area contributed by atoms with Gasteiger partial charge < -0.3 is 14.5 Å². The summed E-state index contributed by atoms with van der Waals surface area (Å²) in [5.74, 6) is -1.15. The van der Waals surface area contributed by atoms with Gasteiger partial charge in [-0.05, 0) is 49.2 Å². The highest BCUT2D eigenvalue weighted by Crippen LogP contribution is 2.23. The average Bonchev–Trinajstić information content (AvgIpc) is 2.83. The van der Waals surface area contributed by atoms with Gasteiger partial charge in [-0.3, -0.25) is 14.9 Å². The molecule has 0 fully saturated rings. The standard InChI is InChI=1S/C26H20N2O7/c1-16-13-19(8-10-22(16)28(32)33)25(30)34-20-9-7-18-14-21(26(31)35-23(18)15-20)24(29)27-12-11-17-5-3-2-4-6-17/h2-10,13-15H,11-12H2,1H3,(H,27,29). The van der Waals surface area contributed by atoms with Gasteiger partial charge >= 0.3 is 11.6 Å². The van der Waals surface area contributed by atoms with Gasteiger partial charge in [0.1, 0.15) is 16.9 Å². The second-order valence-electron chi connectivity index (χ2n) is 7.79. The number of amides is 1. The van der Waals surface area contributed by atoms with Gasteiger partial charge in [0, 0.05) is 29.6 Å². The number of ether oxygens (including phenoxy) is 1. The minimum Gasteiger partial charge on any atom is -0.423 e. The van der Waals surface area contributed by atoms with E-state index in [0.717, 1.165) is 5.56 Å². The molecule has 0 saturated heterocycles. The number of rotatable bonds is 7. The number of fused-ring (bicyclic) bond motifs is 1. The zero-order chi connectivity index (χ0) is 24.9. The van der Waals surface area contributed by atoms with Crippen LogP contribution in [0.4, 0.5) is 5.69 Å². The van der Waals surface area contributed by atoms with E-state index in [4.69, 9.17) is 9.15 Å². The third kappa shape index (κ3) is 5.41. The van der Waals surface area contributed by atoms with Crippen LogP contribution in [0.15, 0.2) is 82.0 Å². The van der Waals surface area contributed by atoms with Crippen LogP contribution in [0.2, 0.25) is 0 Å². The van der Waals surface area contributed by atoms with E-state index < -0.39 is 22.4 Å². The van der Waals surface area contributed by atoms with Crippen LogP contribution >= 0.6 is 0 Å². The molecule has 9 heteroatoms. The van der Waals surface area contributed by atoms with Gasteiger partial charge in [0.25, 0.3) is 11.6 Å². The summed E-state index contributed by atoms with van der Waals surface area (Å²) in [6, 6.07) is 19.4. The fourth-order valence-corrected chi connectivity index (χ4v) is 3.53. The van der Waals surface area contributed by atoms with Crippen LogP contribution in [0.1, 0.15) is 31.8 Å². The Kier molecular flexibility index (Phi) is 6.68. The first-order valence-electron chi connectivity index (χ1n) is 10.7. The summed E-state index contributed by atoms with van der Waals surface area (Å²) in [5, 5.41) is 14.1. The molecular weight excluding hydrogens is 452 g/mol. The molecule has 0 aliphatic rings. The number of nitrogens with zero attached hydrogens (tertiary/aromatic N) is 1. The minimum atomic E-state index is -0.816. The van der Waals surface area contributed by atoms with Crippen LogP contribution in [0.25, 0.3) is 11.0 Å². The molecule has 4 aromatic rings. The monoisotopic (exact) mass is 472 g/mol. The maximum Gasteiger partial charge on any atom is 0.349 e. The molecule has 0 radical (unpaired) electrons. The summed E-state index contributed by atoms with van der Waals surface area (Å²) >= 11 is 0. The molecule has 0 aliphatic carbocycles. The lowest BCUT2D eigenvalue weighted by atomic mass is 10.1. The Balaban J connectivity index is 1.47. The number of nitro benzene ring substituents is 1. The van der Waals surface area contributed by atoms with Crippen molar-refractivity contribution in [3.05, 3.63) is 116 Å². The van der Waals surface area contributed by atoms with Crippen LogP contribution in [0.3, 0.4) is 0 Å². The van der Waals surface area contributed by atoms with Gasteiger partial charge in [0.2, 0.25) is 0 Å². The molecule has 0 aliphatic heterocycles. The normalized spacial score (nSPS) is 10.7. The number of aryl methyl sites for hydroxylation is 1. The Labute approximate surface area is 199 Å². The quantitative estimate of drug-likeness (QED) is 0.140. The molecule has 0 saturated carbocycles. The molecule has 0 atom stereocenters. The van der Waals surface area contributed by atoms with Gasteiger partial charge in [0.05, 0.1) is 10.5 Å². The second kappa shape index (κ2) is 10.0. The van der Waals surface area contributed by atoms with Crippen LogP contribution in [-0.4, -0.2) is 23.3 Å². The number of esters is 1. The van der Waals surface area contributed by atoms with Crippen molar-refractivity contribution in [2.45, 2.75) is 13.3 Å². The minimum absolute atomic E-state index is 0.103. The Morgan fingerprint density at radius 1 is 1.03 bits per heavy atom. The molecule has 3 aromatic carbocycles. The van der Waals surface area contributed by atoms with E-state index in [0.29, 0.717) is 23.9 Å². The van der Waals surface area contributed by atoms with Crippen molar-refractivity contribution in [3.63, 3.8) is 0 Å². The SMILES string of the molecule is Cc1cc(C(=O)Oc2ccc3cc(C(=O)NCCc4ccccc4)c(=O)oc3c2)ccc1[N+](=O)[O-]. The average molecular weight is 472 g/mol. The fourth-order valence-electron chi connectivity index (χ4n) is 3.53. The number of nitro groups is 1. The molecule has 1 aromatic heterocycles. The molecule has 0 unspecified atom stereocenters. The molecule has 1 heterocycles. The molecule has 1 N–H and O–H groups in total. The summed E-state index contributed by atoms with van der Waals surface area (Å²) in [6.45, 7) is 1.88. The van der Waals surface area contributed by atoms with Gasteiger partial charge in [-0.2, -0.15) is 0 Å². The largest absolute Gasteiger partial charge is 0.423 e. The number of carbonyl (C=O) groups excluding carboxylic acids is 2. The lowest BCUT2D eigenvalue weighted by Crippen LogP contribution is -2.29. The van der Waals surface area contributed by atoms with Crippen LogP contribution in [0, 0.1) is 17.0 Å². The van der Waals surface area contributed by atoms with E-state index in [9.17, 15) is 24.5 Å². The van der Waals surface area contributed by atoms with Crippen molar-refractivity contribution >= 4 is 28.5 Å². The number of hydrogen-bond acceptors (Lipinski definition) is 7. The molecule has 0 spiro atoms. The van der Waals surface area contributed by atoms with Crippen molar-refractivity contribution < 1.29 is 23.7 Å². The maximum atomic E-state index is 12.5. The Hall–Kier alpha value is -4.79. The molecule has 35 heavy (non-hydrogen) atoms. The Morgan fingerprint density at radius 3 is 2.51 bits per heavy atom. The van der Waals surface area contributed by atoms with Crippen molar-refractivity contribution in [2.75, 3.05) is 6.54 Å². The van der Waals surface area contributed by atoms with Gasteiger partial charge in [-0.25, -0.2) is 9.59 Å². The molecule has 176 valence electrons. The highest BCUT2D eigenvalue weighted by Gasteiger charge is 2.17. The summed E-state index contributed by atoms with van der Waals surface area (Å²) in [4.78, 5) is 47.8. The van der Waals surface area contributed by atoms with Crippen LogP contribution in [0.5, 0.6) is 5.75 Å². The lowest BCUT2D eigenvalue weighted by molar-refractivity contribution is -0.385. The van der Waals surface area contributed by atoms with Gasteiger partial charge in [-0.15, -0.1) is 0 Å². The van der Waals surface area contributed by atoms with Crippen molar-refractivity contribution in [1.82, 2.24) is 5.32 Å². The fraction of sp³-hybridized carbons (Fsp3) is 0.115. The van der Waals surface area contributed by atoms with Crippen molar-refractivity contribution in [3.8, 4) is 5.75 Å². The first-order chi connectivity index (χ1) is 16.8. The van der Waals surface area contributed by atoms with Gasteiger partial charge in [0.15, 0.2) is 0 Å². The molecule has 9 nitrogen and oxygen atoms in total. The maximum absolute atomic E-state index is 12.5. The van der Waals surface area contributed by atoms with Crippen LogP contribution < -0.4 is 15.7 Å². The van der Waals surface area contributed by atoms with Crippen molar-refractivity contribution in [2.24, 2.45) is 0 Å². The molecule has 1 amide bonds. The topological polar surface area (TPSA) is 129 Å². The van der Waals surface area contributed by atoms with E-state index in [1.54, 1.807) is 6.07 Å². The smallest absolute Gasteiger partial charge is 0.349 e.